The molecular formula is C34H29FN4O4S. The minimum atomic E-state index is -3.68. The molecule has 8 nitrogen and oxygen atoms in total. The molecule has 0 saturated carbocycles. The highest BCUT2D eigenvalue weighted by Gasteiger charge is 2.27. The third-order valence-corrected chi connectivity index (χ3v) is 9.64. The van der Waals surface area contributed by atoms with E-state index in [1.54, 1.807) is 37.5 Å². The van der Waals surface area contributed by atoms with E-state index in [9.17, 15) is 17.6 Å². The summed E-state index contributed by atoms with van der Waals surface area (Å²) in [7, 11) is -2.21. The Morgan fingerprint density at radius 3 is 2.59 bits per heavy atom. The van der Waals surface area contributed by atoms with Gasteiger partial charge in [-0.05, 0) is 61.4 Å². The number of rotatable bonds is 6. The molecule has 0 unspecified atom stereocenters. The molecule has 7 rings (SSSR count). The molecule has 0 fully saturated rings. The number of carbonyl (C=O) groups is 1. The summed E-state index contributed by atoms with van der Waals surface area (Å²) in [6.45, 7) is 4.36. The molecule has 1 aliphatic rings. The van der Waals surface area contributed by atoms with Crippen LogP contribution in [0.5, 0.6) is 0 Å². The van der Waals surface area contributed by atoms with Gasteiger partial charge in [-0.3, -0.25) is 19.1 Å². The third-order valence-electron chi connectivity index (χ3n) is 8.45. The minimum Gasteiger partial charge on any atom is -0.455 e. The molecule has 2 aromatic carbocycles. The van der Waals surface area contributed by atoms with Crippen molar-refractivity contribution in [3.8, 4) is 33.8 Å². The Hall–Kier alpha value is -4.83. The lowest BCUT2D eigenvalue weighted by atomic mass is 9.95. The molecular weight excluding hydrogens is 579 g/mol. The average Bonchev–Trinajstić information content (AvgIpc) is 3.59. The molecule has 6 aromatic rings. The number of carbonyl (C=O) groups excluding carboxylic acids is 1. The maximum atomic E-state index is 14.7. The summed E-state index contributed by atoms with van der Waals surface area (Å²) in [5.74, 6) is -0.00996. The van der Waals surface area contributed by atoms with Crippen LogP contribution in [0, 0.1) is 12.7 Å². The smallest absolute Gasteiger partial charge is 0.232 e. The summed E-state index contributed by atoms with van der Waals surface area (Å²) in [6, 6.07) is 16.0. The Labute approximate surface area is 253 Å². The second-order valence-corrected chi connectivity index (χ2v) is 13.2. The molecule has 10 heteroatoms. The van der Waals surface area contributed by atoms with Gasteiger partial charge in [0.1, 0.15) is 17.2 Å². The Kier molecular flexibility index (Phi) is 6.44. The number of sulfonamides is 1. The highest BCUT2D eigenvalue weighted by atomic mass is 32.2. The highest BCUT2D eigenvalue weighted by molar-refractivity contribution is 7.92. The maximum absolute atomic E-state index is 14.7. The zero-order valence-corrected chi connectivity index (χ0v) is 25.5. The molecule has 0 amide bonds. The number of hydrogen-bond acceptors (Lipinski definition) is 6. The summed E-state index contributed by atoms with van der Waals surface area (Å²) in [6.07, 6.45) is 5.56. The van der Waals surface area contributed by atoms with Gasteiger partial charge >= 0.3 is 0 Å². The first-order valence-electron chi connectivity index (χ1n) is 14.3. The lowest BCUT2D eigenvalue weighted by Crippen LogP contribution is -2.25. The van der Waals surface area contributed by atoms with Crippen molar-refractivity contribution in [2.45, 2.75) is 33.2 Å². The summed E-state index contributed by atoms with van der Waals surface area (Å²) in [5, 5.41) is 1.11. The fourth-order valence-electron chi connectivity index (χ4n) is 6.05. The number of anilines is 1. The number of aryl methyl sites for hydroxylation is 3. The molecule has 4 aromatic heterocycles. The topological polar surface area (TPSA) is 98.3 Å². The number of pyridine rings is 2. The number of nitrogens with zero attached hydrogens (tertiary/aromatic N) is 4. The number of Topliss-reactive ketones (excluding diaryl/α,β-unsaturated/α-hetero) is 1. The van der Waals surface area contributed by atoms with Gasteiger partial charge in [-0.15, -0.1) is 0 Å². The molecule has 1 aliphatic heterocycles. The van der Waals surface area contributed by atoms with Crippen LogP contribution in [0.4, 0.5) is 10.1 Å². The SMILES string of the molecule is CCC(=O)c1c(-c2ccc(C)nc2)oc2cc(N(C)S(C)(=O)=O)c(-c3cc4c(cn3)CCn3c-4cc4c(F)cccc43)cc12. The van der Waals surface area contributed by atoms with E-state index in [0.717, 1.165) is 40.7 Å². The predicted molar refractivity (Wildman–Crippen MR) is 170 cm³/mol. The van der Waals surface area contributed by atoms with Gasteiger partial charge in [0.25, 0.3) is 0 Å². The first-order valence-corrected chi connectivity index (χ1v) is 16.2. The van der Waals surface area contributed by atoms with Crippen LogP contribution in [0.15, 0.2) is 71.4 Å². The number of fused-ring (bicyclic) bond motifs is 6. The maximum Gasteiger partial charge on any atom is 0.232 e. The number of benzene rings is 2. The fraction of sp³-hybridized carbons (Fsp3) is 0.206. The number of hydrogen-bond donors (Lipinski definition) is 0. The summed E-state index contributed by atoms with van der Waals surface area (Å²) in [4.78, 5) is 22.5. The molecule has 0 N–H and O–H groups in total. The fourth-order valence-corrected chi connectivity index (χ4v) is 6.56. The van der Waals surface area contributed by atoms with E-state index in [2.05, 4.69) is 9.55 Å². The quantitative estimate of drug-likeness (QED) is 0.186. The van der Waals surface area contributed by atoms with Gasteiger partial charge in [0, 0.05) is 77.3 Å². The van der Waals surface area contributed by atoms with Gasteiger partial charge in [0.15, 0.2) is 5.78 Å². The van der Waals surface area contributed by atoms with Gasteiger partial charge < -0.3 is 8.98 Å². The van der Waals surface area contributed by atoms with Crippen molar-refractivity contribution in [3.05, 3.63) is 89.6 Å². The van der Waals surface area contributed by atoms with Crippen LogP contribution in [0.25, 0.3) is 55.7 Å². The van der Waals surface area contributed by atoms with E-state index < -0.39 is 10.0 Å². The summed E-state index contributed by atoms with van der Waals surface area (Å²) in [5.41, 5.74) is 7.26. The van der Waals surface area contributed by atoms with Gasteiger partial charge in [0.05, 0.1) is 28.7 Å². The minimum absolute atomic E-state index is 0.112. The van der Waals surface area contributed by atoms with Gasteiger partial charge in [0.2, 0.25) is 10.0 Å². The van der Waals surface area contributed by atoms with Crippen LogP contribution in [-0.4, -0.2) is 42.0 Å². The molecule has 0 saturated heterocycles. The molecule has 0 radical (unpaired) electrons. The Bertz CT molecular complexity index is 2250. The summed E-state index contributed by atoms with van der Waals surface area (Å²) < 4.78 is 50.0. The Balaban J connectivity index is 1.50. The van der Waals surface area contributed by atoms with Crippen molar-refractivity contribution in [1.29, 1.82) is 0 Å². The van der Waals surface area contributed by atoms with Crippen molar-refractivity contribution >= 4 is 43.4 Å². The normalized spacial score (nSPS) is 12.8. The molecule has 0 atom stereocenters. The van der Waals surface area contributed by atoms with E-state index in [-0.39, 0.29) is 18.0 Å². The van der Waals surface area contributed by atoms with E-state index in [0.29, 0.717) is 56.7 Å². The molecule has 0 aliphatic carbocycles. The van der Waals surface area contributed by atoms with Crippen molar-refractivity contribution < 1.29 is 22.0 Å². The van der Waals surface area contributed by atoms with Crippen LogP contribution >= 0.6 is 0 Å². The monoisotopic (exact) mass is 608 g/mol. The standard InChI is InChI=1S/C34H29FN4O4S/c1-5-31(40)33-25-13-24(29(38(3)44(4,41)42)16-32(25)43-34(33)21-10-9-19(2)36-18-21)27-14-22-20(17-37-27)11-12-39-28-8-6-7-26(35)23(28)15-30(22)39/h6-10,13-18H,5,11-12H2,1-4H3. The first-order chi connectivity index (χ1) is 21.0. The number of aromatic nitrogens is 3. The van der Waals surface area contributed by atoms with Crippen LogP contribution in [-0.2, 0) is 23.0 Å². The van der Waals surface area contributed by atoms with E-state index in [4.69, 9.17) is 9.40 Å². The van der Waals surface area contributed by atoms with Crippen LogP contribution in [0.2, 0.25) is 0 Å². The molecule has 44 heavy (non-hydrogen) atoms. The van der Waals surface area contributed by atoms with Crippen molar-refractivity contribution in [3.63, 3.8) is 0 Å². The van der Waals surface area contributed by atoms with Gasteiger partial charge in [-0.2, -0.15) is 0 Å². The molecule has 5 heterocycles. The number of furan rings is 1. The van der Waals surface area contributed by atoms with Crippen molar-refractivity contribution in [2.24, 2.45) is 0 Å². The van der Waals surface area contributed by atoms with E-state index >= 15 is 0 Å². The zero-order valence-electron chi connectivity index (χ0n) is 24.7. The molecule has 0 bridgehead atoms. The van der Waals surface area contributed by atoms with Gasteiger partial charge in [-0.25, -0.2) is 12.8 Å². The Morgan fingerprint density at radius 2 is 1.86 bits per heavy atom. The highest BCUT2D eigenvalue weighted by Crippen LogP contribution is 2.43. The second kappa shape index (κ2) is 10.1. The summed E-state index contributed by atoms with van der Waals surface area (Å²) >= 11 is 0. The number of ketones is 1. The second-order valence-electron chi connectivity index (χ2n) is 11.2. The lowest BCUT2D eigenvalue weighted by molar-refractivity contribution is 0.0989. The predicted octanol–water partition coefficient (Wildman–Crippen LogP) is 7.17. The number of halogens is 1. The molecule has 0 spiro atoms. The zero-order chi connectivity index (χ0) is 30.9. The van der Waals surface area contributed by atoms with Gasteiger partial charge in [-0.1, -0.05) is 13.0 Å². The van der Waals surface area contributed by atoms with E-state index in [1.807, 2.05) is 37.3 Å². The van der Waals surface area contributed by atoms with Crippen molar-refractivity contribution in [1.82, 2.24) is 14.5 Å². The largest absolute Gasteiger partial charge is 0.455 e. The Morgan fingerprint density at radius 1 is 1.05 bits per heavy atom. The third kappa shape index (κ3) is 4.40. The van der Waals surface area contributed by atoms with Crippen molar-refractivity contribution in [2.75, 3.05) is 17.6 Å². The molecule has 222 valence electrons. The first kappa shape index (κ1) is 28.0. The lowest BCUT2D eigenvalue weighted by Gasteiger charge is -2.23. The van der Waals surface area contributed by atoms with Crippen LogP contribution in [0.1, 0.15) is 35.0 Å². The van der Waals surface area contributed by atoms with Crippen LogP contribution < -0.4 is 4.31 Å². The van der Waals surface area contributed by atoms with E-state index in [1.165, 1.54) is 17.4 Å². The average molecular weight is 609 g/mol. The van der Waals surface area contributed by atoms with Crippen LogP contribution in [0.3, 0.4) is 0 Å².